The second-order valence-electron chi connectivity index (χ2n) is 5.40. The van der Waals surface area contributed by atoms with Gasteiger partial charge in [-0.25, -0.2) is 4.99 Å². The van der Waals surface area contributed by atoms with E-state index in [0.717, 1.165) is 22.7 Å². The highest BCUT2D eigenvalue weighted by Crippen LogP contribution is 2.16. The molecule has 0 unspecified atom stereocenters. The Morgan fingerprint density at radius 1 is 1.35 bits per heavy atom. The number of nitrogens with two attached hydrogens (primary N) is 1. The van der Waals surface area contributed by atoms with Crippen LogP contribution in [0.3, 0.4) is 0 Å². The molecular formula is C16H24IN5O. The summed E-state index contributed by atoms with van der Waals surface area (Å²) in [4.78, 5) is 4.33. The van der Waals surface area contributed by atoms with Gasteiger partial charge in [-0.15, -0.1) is 24.0 Å². The summed E-state index contributed by atoms with van der Waals surface area (Å²) >= 11 is 0. The molecule has 0 fully saturated rings. The molecule has 6 nitrogen and oxygen atoms in total. The van der Waals surface area contributed by atoms with Gasteiger partial charge in [0.1, 0.15) is 5.75 Å². The Morgan fingerprint density at radius 2 is 2.00 bits per heavy atom. The number of guanidine groups is 1. The molecule has 2 rings (SSSR count). The van der Waals surface area contributed by atoms with Crippen LogP contribution in [-0.4, -0.2) is 21.8 Å². The summed E-state index contributed by atoms with van der Waals surface area (Å²) in [7, 11) is 1.91. The highest BCUT2D eigenvalue weighted by atomic mass is 127. The maximum absolute atomic E-state index is 5.91. The third-order valence-electron chi connectivity index (χ3n) is 3.26. The Kier molecular flexibility index (Phi) is 7.34. The fourth-order valence-corrected chi connectivity index (χ4v) is 1.95. The van der Waals surface area contributed by atoms with E-state index in [1.54, 1.807) is 0 Å². The Hall–Kier alpha value is -1.77. The molecule has 126 valence electrons. The van der Waals surface area contributed by atoms with E-state index in [4.69, 9.17) is 10.5 Å². The molecule has 2 aromatic rings. The van der Waals surface area contributed by atoms with Crippen molar-refractivity contribution < 1.29 is 4.74 Å². The van der Waals surface area contributed by atoms with Gasteiger partial charge >= 0.3 is 0 Å². The number of aromatic nitrogens is 2. The van der Waals surface area contributed by atoms with Crippen LogP contribution in [0.2, 0.25) is 0 Å². The van der Waals surface area contributed by atoms with Crippen LogP contribution in [0.1, 0.15) is 25.1 Å². The van der Waals surface area contributed by atoms with Gasteiger partial charge in [-0.2, -0.15) is 5.10 Å². The summed E-state index contributed by atoms with van der Waals surface area (Å²) in [6.45, 7) is 6.51. The van der Waals surface area contributed by atoms with Gasteiger partial charge in [-0.1, -0.05) is 0 Å². The fraction of sp³-hybridized carbons (Fsp3) is 0.375. The van der Waals surface area contributed by atoms with Gasteiger partial charge in [0.25, 0.3) is 0 Å². The zero-order chi connectivity index (χ0) is 16.1. The molecule has 0 aliphatic carbocycles. The smallest absolute Gasteiger partial charge is 0.193 e. The summed E-state index contributed by atoms with van der Waals surface area (Å²) in [6.07, 6.45) is 1.97. The molecule has 1 heterocycles. The number of halogens is 1. The van der Waals surface area contributed by atoms with Gasteiger partial charge in [0, 0.05) is 24.0 Å². The topological polar surface area (TPSA) is 77.5 Å². The molecule has 0 spiro atoms. The summed E-state index contributed by atoms with van der Waals surface area (Å²) < 4.78 is 7.42. The van der Waals surface area contributed by atoms with E-state index >= 15 is 0 Å². The van der Waals surface area contributed by atoms with Crippen LogP contribution < -0.4 is 15.8 Å². The first-order valence-corrected chi connectivity index (χ1v) is 7.27. The van der Waals surface area contributed by atoms with Crippen LogP contribution in [0.25, 0.3) is 0 Å². The molecule has 0 saturated heterocycles. The monoisotopic (exact) mass is 429 g/mol. The zero-order valence-electron chi connectivity index (χ0n) is 13.9. The number of nitrogens with zero attached hydrogens (tertiary/aromatic N) is 3. The lowest BCUT2D eigenvalue weighted by Crippen LogP contribution is -2.22. The molecule has 1 aromatic carbocycles. The van der Waals surface area contributed by atoms with Crippen molar-refractivity contribution in [1.29, 1.82) is 0 Å². The van der Waals surface area contributed by atoms with Gasteiger partial charge in [0.15, 0.2) is 5.96 Å². The Labute approximate surface area is 154 Å². The van der Waals surface area contributed by atoms with Crippen molar-refractivity contribution >= 4 is 35.6 Å². The second-order valence-corrected chi connectivity index (χ2v) is 5.40. The molecule has 0 saturated carbocycles. The van der Waals surface area contributed by atoms with E-state index in [1.807, 2.05) is 63.0 Å². The average Bonchev–Trinajstić information content (AvgIpc) is 2.78. The first-order chi connectivity index (χ1) is 10.5. The molecule has 0 aliphatic heterocycles. The van der Waals surface area contributed by atoms with Crippen LogP contribution in [0.5, 0.6) is 5.75 Å². The average molecular weight is 429 g/mol. The standard InChI is InChI=1S/C16H23N5O.HI/c1-11(2)22-15-7-5-14(6-8-15)20-16(17)18-9-13-10-19-21(4)12(13)3;/h5-8,10-11H,9H2,1-4H3,(H3,17,18,20);1H. The van der Waals surface area contributed by atoms with Crippen molar-refractivity contribution in [3.05, 3.63) is 41.7 Å². The number of ether oxygens (including phenoxy) is 1. The van der Waals surface area contributed by atoms with E-state index in [0.29, 0.717) is 12.5 Å². The Morgan fingerprint density at radius 3 is 2.52 bits per heavy atom. The lowest BCUT2D eigenvalue weighted by atomic mass is 10.3. The summed E-state index contributed by atoms with van der Waals surface area (Å²) in [6, 6.07) is 7.63. The summed E-state index contributed by atoms with van der Waals surface area (Å²) in [5.41, 5.74) is 8.94. The van der Waals surface area contributed by atoms with Gasteiger partial charge in [0.2, 0.25) is 0 Å². The van der Waals surface area contributed by atoms with Gasteiger partial charge < -0.3 is 15.8 Å². The minimum absolute atomic E-state index is 0. The van der Waals surface area contributed by atoms with Gasteiger partial charge in [-0.3, -0.25) is 4.68 Å². The fourth-order valence-electron chi connectivity index (χ4n) is 1.95. The highest BCUT2D eigenvalue weighted by Gasteiger charge is 2.03. The summed E-state index contributed by atoms with van der Waals surface area (Å²) in [5.74, 6) is 1.21. The number of anilines is 1. The number of aliphatic imine (C=N–C) groups is 1. The third-order valence-corrected chi connectivity index (χ3v) is 3.26. The van der Waals surface area contributed by atoms with Crippen LogP contribution in [0.15, 0.2) is 35.5 Å². The van der Waals surface area contributed by atoms with Crippen molar-refractivity contribution in [1.82, 2.24) is 9.78 Å². The zero-order valence-corrected chi connectivity index (χ0v) is 16.2. The quantitative estimate of drug-likeness (QED) is 0.435. The number of hydrogen-bond acceptors (Lipinski definition) is 3. The lowest BCUT2D eigenvalue weighted by molar-refractivity contribution is 0.242. The molecule has 0 atom stereocenters. The van der Waals surface area contributed by atoms with E-state index in [9.17, 15) is 0 Å². The minimum atomic E-state index is 0. The first-order valence-electron chi connectivity index (χ1n) is 7.27. The highest BCUT2D eigenvalue weighted by molar-refractivity contribution is 14.0. The molecule has 0 bridgehead atoms. The Balaban J connectivity index is 0.00000264. The molecule has 23 heavy (non-hydrogen) atoms. The normalized spacial score (nSPS) is 11.3. The predicted octanol–water partition coefficient (Wildman–Crippen LogP) is 3.06. The van der Waals surface area contributed by atoms with Crippen molar-refractivity contribution in [2.24, 2.45) is 17.8 Å². The number of hydrogen-bond donors (Lipinski definition) is 2. The molecule has 7 heteroatoms. The van der Waals surface area contributed by atoms with Crippen molar-refractivity contribution in [3.63, 3.8) is 0 Å². The number of aryl methyl sites for hydroxylation is 1. The molecule has 0 aliphatic rings. The Bertz CT molecular complexity index is 649. The first kappa shape index (κ1) is 19.3. The lowest BCUT2D eigenvalue weighted by Gasteiger charge is -2.10. The number of rotatable bonds is 5. The van der Waals surface area contributed by atoms with Crippen molar-refractivity contribution in [2.75, 3.05) is 5.32 Å². The summed E-state index contributed by atoms with van der Waals surface area (Å²) in [5, 5.41) is 7.25. The minimum Gasteiger partial charge on any atom is -0.491 e. The predicted molar refractivity (Wildman–Crippen MR) is 105 cm³/mol. The number of nitrogens with one attached hydrogen (secondary N) is 1. The molecular weight excluding hydrogens is 405 g/mol. The third kappa shape index (κ3) is 5.74. The maximum Gasteiger partial charge on any atom is 0.193 e. The maximum atomic E-state index is 5.91. The largest absolute Gasteiger partial charge is 0.491 e. The van der Waals surface area contributed by atoms with Crippen LogP contribution in [0, 0.1) is 6.92 Å². The van der Waals surface area contributed by atoms with Crippen LogP contribution in [-0.2, 0) is 13.6 Å². The van der Waals surface area contributed by atoms with E-state index < -0.39 is 0 Å². The SMILES string of the molecule is Cc1c(CN=C(N)Nc2ccc(OC(C)C)cc2)cnn1C.I. The van der Waals surface area contributed by atoms with E-state index in [-0.39, 0.29) is 30.1 Å². The van der Waals surface area contributed by atoms with Gasteiger partial charge in [-0.05, 0) is 45.0 Å². The van der Waals surface area contributed by atoms with Gasteiger partial charge in [0.05, 0.1) is 18.8 Å². The van der Waals surface area contributed by atoms with E-state index in [1.165, 1.54) is 0 Å². The molecule has 3 N–H and O–H groups in total. The van der Waals surface area contributed by atoms with Crippen LogP contribution >= 0.6 is 24.0 Å². The van der Waals surface area contributed by atoms with Crippen LogP contribution in [0.4, 0.5) is 5.69 Å². The molecule has 0 radical (unpaired) electrons. The van der Waals surface area contributed by atoms with Crippen molar-refractivity contribution in [2.45, 2.75) is 33.4 Å². The van der Waals surface area contributed by atoms with Crippen molar-refractivity contribution in [3.8, 4) is 5.75 Å². The molecule has 1 aromatic heterocycles. The molecule has 0 amide bonds. The van der Waals surface area contributed by atoms with E-state index in [2.05, 4.69) is 15.4 Å². The second kappa shape index (κ2) is 8.76. The number of benzene rings is 1.